The van der Waals surface area contributed by atoms with Gasteiger partial charge in [-0.25, -0.2) is 4.39 Å². The van der Waals surface area contributed by atoms with Crippen molar-refractivity contribution < 1.29 is 18.7 Å². The van der Waals surface area contributed by atoms with E-state index in [1.54, 1.807) is 12.1 Å². The highest BCUT2D eigenvalue weighted by Gasteiger charge is 2.24. The number of ether oxygens (including phenoxy) is 2. The van der Waals surface area contributed by atoms with Gasteiger partial charge in [0.1, 0.15) is 30.6 Å². The molecule has 0 aromatic heterocycles. The molecule has 86 valence electrons. The number of halogens is 1. The molecule has 0 radical (unpaired) electrons. The van der Waals surface area contributed by atoms with Gasteiger partial charge in [-0.1, -0.05) is 0 Å². The number of aldehydes is 1. The number of hydrogen-bond donors (Lipinski definition) is 0. The molecule has 1 saturated heterocycles. The van der Waals surface area contributed by atoms with Gasteiger partial charge >= 0.3 is 0 Å². The van der Waals surface area contributed by atoms with Crippen molar-refractivity contribution in [3.63, 3.8) is 0 Å². The van der Waals surface area contributed by atoms with E-state index >= 15 is 0 Å². The second-order valence-electron chi connectivity index (χ2n) is 3.77. The normalized spacial score (nSPS) is 24.3. The van der Waals surface area contributed by atoms with Crippen molar-refractivity contribution in [1.29, 1.82) is 0 Å². The molecule has 1 fully saturated rings. The van der Waals surface area contributed by atoms with E-state index in [-0.39, 0.29) is 18.0 Å². The summed E-state index contributed by atoms with van der Waals surface area (Å²) in [6, 6.07) is 5.83. The average Bonchev–Trinajstić information content (AvgIpc) is 2.76. The Morgan fingerprint density at radius 3 is 2.75 bits per heavy atom. The molecule has 3 nitrogen and oxygen atoms in total. The molecule has 0 spiro atoms. The summed E-state index contributed by atoms with van der Waals surface area (Å²) < 4.78 is 23.4. The van der Waals surface area contributed by atoms with Gasteiger partial charge in [0.15, 0.2) is 0 Å². The first-order chi connectivity index (χ1) is 7.78. The molecule has 1 aliphatic rings. The lowest BCUT2D eigenvalue weighted by atomic mass is 10.2. The largest absolute Gasteiger partial charge is 0.491 e. The zero-order valence-electron chi connectivity index (χ0n) is 8.77. The van der Waals surface area contributed by atoms with Crippen molar-refractivity contribution in [3.05, 3.63) is 30.1 Å². The lowest BCUT2D eigenvalue weighted by Gasteiger charge is -2.12. The quantitative estimate of drug-likeness (QED) is 0.733. The van der Waals surface area contributed by atoms with Gasteiger partial charge in [-0.05, 0) is 37.1 Å². The highest BCUT2D eigenvalue weighted by molar-refractivity contribution is 5.56. The van der Waals surface area contributed by atoms with Crippen LogP contribution >= 0.6 is 0 Å². The maximum Gasteiger partial charge on any atom is 0.148 e. The number of rotatable bonds is 4. The highest BCUT2D eigenvalue weighted by atomic mass is 19.1. The number of carbonyl (C=O) groups is 1. The molecule has 0 bridgehead atoms. The van der Waals surface area contributed by atoms with Crippen LogP contribution in [0.1, 0.15) is 12.8 Å². The Hall–Kier alpha value is -1.42. The van der Waals surface area contributed by atoms with Gasteiger partial charge in [0, 0.05) is 0 Å². The highest BCUT2D eigenvalue weighted by Crippen LogP contribution is 2.19. The monoisotopic (exact) mass is 224 g/mol. The van der Waals surface area contributed by atoms with E-state index in [0.717, 1.165) is 19.1 Å². The van der Waals surface area contributed by atoms with Gasteiger partial charge in [-0.3, -0.25) is 0 Å². The predicted octanol–water partition coefficient (Wildman–Crippen LogP) is 1.95. The molecule has 1 aromatic rings. The molecule has 1 heterocycles. The summed E-state index contributed by atoms with van der Waals surface area (Å²) in [5.41, 5.74) is 0. The van der Waals surface area contributed by atoms with Gasteiger partial charge in [0.25, 0.3) is 0 Å². The van der Waals surface area contributed by atoms with Crippen LogP contribution in [0.4, 0.5) is 4.39 Å². The number of hydrogen-bond acceptors (Lipinski definition) is 3. The Labute approximate surface area is 93.2 Å². The van der Waals surface area contributed by atoms with E-state index in [4.69, 9.17) is 9.47 Å². The number of carbonyl (C=O) groups excluding carboxylic acids is 1. The van der Waals surface area contributed by atoms with Gasteiger partial charge < -0.3 is 14.3 Å². The summed E-state index contributed by atoms with van der Waals surface area (Å²) in [5, 5.41) is 0. The first kappa shape index (κ1) is 11.1. The standard InChI is InChI=1S/C12H13FO3/c13-9-1-3-10(4-2-9)15-8-12-6-5-11(7-14)16-12/h1-4,7,11-12H,5-6,8H2/t11-,12-/m0/s1. The first-order valence-corrected chi connectivity index (χ1v) is 5.27. The fourth-order valence-corrected chi connectivity index (χ4v) is 1.68. The molecular formula is C12H13FO3. The molecule has 0 unspecified atom stereocenters. The van der Waals surface area contributed by atoms with Crippen LogP contribution in [-0.4, -0.2) is 25.1 Å². The second-order valence-corrected chi connectivity index (χ2v) is 3.77. The van der Waals surface area contributed by atoms with Crippen molar-refractivity contribution in [2.75, 3.05) is 6.61 Å². The third-order valence-electron chi connectivity index (χ3n) is 2.54. The van der Waals surface area contributed by atoms with Crippen molar-refractivity contribution in [1.82, 2.24) is 0 Å². The number of benzene rings is 1. The zero-order valence-corrected chi connectivity index (χ0v) is 8.77. The molecule has 0 aliphatic carbocycles. The fraction of sp³-hybridized carbons (Fsp3) is 0.417. The maximum absolute atomic E-state index is 12.6. The van der Waals surface area contributed by atoms with Crippen LogP contribution in [0.5, 0.6) is 5.75 Å². The van der Waals surface area contributed by atoms with E-state index in [1.165, 1.54) is 12.1 Å². The third kappa shape index (κ3) is 2.79. The minimum Gasteiger partial charge on any atom is -0.491 e. The zero-order chi connectivity index (χ0) is 11.4. The Morgan fingerprint density at radius 1 is 1.38 bits per heavy atom. The smallest absolute Gasteiger partial charge is 0.148 e. The minimum atomic E-state index is -0.290. The first-order valence-electron chi connectivity index (χ1n) is 5.27. The molecule has 0 N–H and O–H groups in total. The van der Waals surface area contributed by atoms with Gasteiger partial charge in [0.05, 0.1) is 6.10 Å². The van der Waals surface area contributed by atoms with Crippen LogP contribution in [0.15, 0.2) is 24.3 Å². The summed E-state index contributed by atoms with van der Waals surface area (Å²) in [6.45, 7) is 0.399. The van der Waals surface area contributed by atoms with Gasteiger partial charge in [-0.2, -0.15) is 0 Å². The van der Waals surface area contributed by atoms with Gasteiger partial charge in [-0.15, -0.1) is 0 Å². The van der Waals surface area contributed by atoms with Crippen molar-refractivity contribution in [3.8, 4) is 5.75 Å². The topological polar surface area (TPSA) is 35.5 Å². The fourth-order valence-electron chi connectivity index (χ4n) is 1.68. The van der Waals surface area contributed by atoms with Crippen molar-refractivity contribution >= 4 is 6.29 Å². The average molecular weight is 224 g/mol. The lowest BCUT2D eigenvalue weighted by molar-refractivity contribution is -0.117. The van der Waals surface area contributed by atoms with Crippen LogP contribution in [0.2, 0.25) is 0 Å². The maximum atomic E-state index is 12.6. The second kappa shape index (κ2) is 5.07. The van der Waals surface area contributed by atoms with Crippen LogP contribution in [0.25, 0.3) is 0 Å². The summed E-state index contributed by atoms with van der Waals surface area (Å²) >= 11 is 0. The van der Waals surface area contributed by atoms with Crippen molar-refractivity contribution in [2.24, 2.45) is 0 Å². The lowest BCUT2D eigenvalue weighted by Crippen LogP contribution is -2.19. The summed E-state index contributed by atoms with van der Waals surface area (Å²) in [4.78, 5) is 10.5. The van der Waals surface area contributed by atoms with E-state index in [9.17, 15) is 9.18 Å². The van der Waals surface area contributed by atoms with Gasteiger partial charge in [0.2, 0.25) is 0 Å². The summed E-state index contributed by atoms with van der Waals surface area (Å²) in [5.74, 6) is 0.324. The summed E-state index contributed by atoms with van der Waals surface area (Å²) in [7, 11) is 0. The predicted molar refractivity (Wildman–Crippen MR) is 55.9 cm³/mol. The molecule has 2 rings (SSSR count). The van der Waals surface area contributed by atoms with Crippen LogP contribution in [0, 0.1) is 5.82 Å². The molecule has 1 aliphatic heterocycles. The van der Waals surface area contributed by atoms with Crippen LogP contribution < -0.4 is 4.74 Å². The Balaban J connectivity index is 1.79. The minimum absolute atomic E-state index is 0.0414. The van der Waals surface area contributed by atoms with Crippen molar-refractivity contribution in [2.45, 2.75) is 25.0 Å². The molecular weight excluding hydrogens is 211 g/mol. The van der Waals surface area contributed by atoms with E-state index in [1.807, 2.05) is 0 Å². The van der Waals surface area contributed by atoms with E-state index < -0.39 is 0 Å². The Bertz CT molecular complexity index is 350. The van der Waals surface area contributed by atoms with E-state index in [2.05, 4.69) is 0 Å². The molecule has 1 aromatic carbocycles. The van der Waals surface area contributed by atoms with Crippen LogP contribution in [0.3, 0.4) is 0 Å². The van der Waals surface area contributed by atoms with E-state index in [0.29, 0.717) is 12.4 Å². The molecule has 0 saturated carbocycles. The Morgan fingerprint density at radius 2 is 2.12 bits per heavy atom. The SMILES string of the molecule is O=C[C@@H]1CC[C@@H](COc2ccc(F)cc2)O1. The molecule has 4 heteroatoms. The molecule has 16 heavy (non-hydrogen) atoms. The Kier molecular flexibility index (Phi) is 3.51. The molecule has 2 atom stereocenters. The summed E-state index contributed by atoms with van der Waals surface area (Å²) in [6.07, 6.45) is 2.06. The van der Waals surface area contributed by atoms with Crippen LogP contribution in [-0.2, 0) is 9.53 Å². The third-order valence-corrected chi connectivity index (χ3v) is 2.54. The molecule has 0 amide bonds.